The molecule has 2 heterocycles. The smallest absolute Gasteiger partial charge is 0.326 e. The van der Waals surface area contributed by atoms with Crippen LogP contribution in [0.1, 0.15) is 103 Å². The van der Waals surface area contributed by atoms with Crippen LogP contribution >= 0.6 is 0 Å². The van der Waals surface area contributed by atoms with Gasteiger partial charge in [-0.1, -0.05) is 93.1 Å². The monoisotopic (exact) mass is 1150 g/mol. The lowest BCUT2D eigenvalue weighted by molar-refractivity contribution is -0.148. The summed E-state index contributed by atoms with van der Waals surface area (Å²) in [6.45, 7) is 5.41. The van der Waals surface area contributed by atoms with Gasteiger partial charge < -0.3 is 74.4 Å². The van der Waals surface area contributed by atoms with Gasteiger partial charge in [0.2, 0.25) is 53.2 Å². The van der Waals surface area contributed by atoms with Crippen LogP contribution in [0, 0.1) is 5.92 Å². The molecule has 0 saturated carbocycles. The summed E-state index contributed by atoms with van der Waals surface area (Å²) in [5.41, 5.74) is 16.1. The molecule has 0 bridgehead atoms. The maximum Gasteiger partial charge on any atom is 0.326 e. The minimum absolute atomic E-state index is 0.0918. The van der Waals surface area contributed by atoms with E-state index in [-0.39, 0.29) is 70.5 Å². The Morgan fingerprint density at radius 2 is 1.35 bits per heavy atom. The standard InChI is InChI=1S/C58H83N13O12/c1-5-35(2)48(55(81)82)68-50(76)43(31-38-24-25-39-18-9-10-19-40(39)30-38)66-51(77)44(34-72)67-56(83)58(4,32-37-16-7-6-8-17-37)69-47(74)33-63-52(78)45-22-14-28-70(45)54(80)46-23-15-29-71(46)53(79)42(21-13-27-62-57(60)61)65-49(75)41(64-36(3)73)20-11-12-26-59/h6-10,16-19,24-25,30,35,41-46,48,72H,5,11-15,20-23,26-29,31-34,59H2,1-4H3,(H,63,78)(H,64,73)(H,65,75)(H,66,77)(H,67,83)(H,68,76)(H,69,74)(H,81,82)(H4,60,61,62)/t35-,41-,42-,43+,44-,45-,46-,48-,58?/m0/s1. The third-order valence-electron chi connectivity index (χ3n) is 15.1. The second kappa shape index (κ2) is 31.9. The zero-order valence-electron chi connectivity index (χ0n) is 47.8. The molecule has 83 heavy (non-hydrogen) atoms. The Hall–Kier alpha value is -8.19. The van der Waals surface area contributed by atoms with Crippen molar-refractivity contribution in [1.29, 1.82) is 0 Å². The fourth-order valence-corrected chi connectivity index (χ4v) is 10.4. The summed E-state index contributed by atoms with van der Waals surface area (Å²) in [4.78, 5) is 144. The first kappa shape index (κ1) is 65.6. The number of hydrogen-bond donors (Lipinski definition) is 12. The first-order valence-corrected chi connectivity index (χ1v) is 28.4. The third-order valence-corrected chi connectivity index (χ3v) is 15.1. The number of benzene rings is 3. The fourth-order valence-electron chi connectivity index (χ4n) is 10.4. The van der Waals surface area contributed by atoms with Crippen LogP contribution in [-0.2, 0) is 60.8 Å². The topological polar surface area (TPSA) is 392 Å². The highest BCUT2D eigenvalue weighted by atomic mass is 16.4. The maximum atomic E-state index is 14.4. The first-order valence-electron chi connectivity index (χ1n) is 28.4. The van der Waals surface area contributed by atoms with Crippen molar-refractivity contribution in [3.8, 4) is 0 Å². The molecule has 452 valence electrons. The highest BCUT2D eigenvalue weighted by molar-refractivity contribution is 5.99. The average Bonchev–Trinajstić information content (AvgIpc) is 4.39. The molecule has 2 saturated heterocycles. The molecule has 25 heteroatoms. The minimum Gasteiger partial charge on any atom is -0.480 e. The normalized spacial score (nSPS) is 17.7. The molecule has 2 fully saturated rings. The average molecular weight is 1150 g/mol. The molecule has 25 nitrogen and oxygen atoms in total. The van der Waals surface area contributed by atoms with Crippen molar-refractivity contribution in [3.63, 3.8) is 0 Å². The summed E-state index contributed by atoms with van der Waals surface area (Å²) in [6.07, 6.45) is 3.38. The van der Waals surface area contributed by atoms with Gasteiger partial charge in [0.05, 0.1) is 13.2 Å². The zero-order valence-corrected chi connectivity index (χ0v) is 47.8. The number of nitrogens with one attached hydrogen (secondary N) is 7. The van der Waals surface area contributed by atoms with Crippen molar-refractivity contribution in [2.75, 3.05) is 39.3 Å². The van der Waals surface area contributed by atoms with Crippen molar-refractivity contribution in [2.45, 2.75) is 153 Å². The first-order chi connectivity index (χ1) is 39.6. The minimum atomic E-state index is -1.84. The van der Waals surface area contributed by atoms with E-state index in [0.29, 0.717) is 49.8 Å². The third kappa shape index (κ3) is 19.2. The molecule has 5 rings (SSSR count). The Bertz CT molecular complexity index is 2800. The number of aliphatic carboxylic acids is 1. The van der Waals surface area contributed by atoms with Crippen LogP contribution in [0.15, 0.2) is 77.8 Å². The Morgan fingerprint density at radius 1 is 0.723 bits per heavy atom. The van der Waals surface area contributed by atoms with E-state index >= 15 is 0 Å². The highest BCUT2D eigenvalue weighted by Crippen LogP contribution is 2.27. The summed E-state index contributed by atoms with van der Waals surface area (Å²) in [5.74, 6) is -8.15. The number of aliphatic hydroxyl groups is 1. The van der Waals surface area contributed by atoms with E-state index in [1.807, 2.05) is 36.4 Å². The number of rotatable bonds is 31. The molecule has 1 unspecified atom stereocenters. The summed E-state index contributed by atoms with van der Waals surface area (Å²) in [5, 5.41) is 40.7. The van der Waals surface area contributed by atoms with Gasteiger partial charge in [0.25, 0.3) is 0 Å². The zero-order chi connectivity index (χ0) is 60.8. The van der Waals surface area contributed by atoms with Gasteiger partial charge in [0.15, 0.2) is 5.96 Å². The number of aliphatic hydroxyl groups excluding tert-OH is 1. The van der Waals surface area contributed by atoms with Gasteiger partial charge in [-0.05, 0) is 99.1 Å². The molecule has 15 N–H and O–H groups in total. The van der Waals surface area contributed by atoms with Crippen LogP contribution in [0.4, 0.5) is 0 Å². The number of amides is 9. The van der Waals surface area contributed by atoms with Crippen molar-refractivity contribution >= 4 is 75.9 Å². The fraction of sp³-hybridized carbons (Fsp3) is 0.534. The van der Waals surface area contributed by atoms with Crippen LogP contribution in [0.3, 0.4) is 0 Å². The number of carboxylic acid groups (broad SMARTS) is 1. The van der Waals surface area contributed by atoms with Gasteiger partial charge in [-0.3, -0.25) is 48.1 Å². The van der Waals surface area contributed by atoms with Crippen molar-refractivity contribution < 1.29 is 58.2 Å². The number of aliphatic imine (C=N–C) groups is 1. The number of nitrogens with two attached hydrogens (primary N) is 3. The van der Waals surface area contributed by atoms with E-state index in [0.717, 1.165) is 10.8 Å². The van der Waals surface area contributed by atoms with Crippen LogP contribution in [-0.4, -0.2) is 172 Å². The number of carbonyl (C=O) groups excluding carboxylic acids is 9. The molecule has 0 aromatic heterocycles. The van der Waals surface area contributed by atoms with Gasteiger partial charge in [-0.25, -0.2) is 4.79 Å². The van der Waals surface area contributed by atoms with E-state index in [2.05, 4.69) is 42.2 Å². The van der Waals surface area contributed by atoms with Gasteiger partial charge in [0.1, 0.15) is 47.8 Å². The predicted molar refractivity (Wildman–Crippen MR) is 309 cm³/mol. The summed E-state index contributed by atoms with van der Waals surface area (Å²) >= 11 is 0. The molecule has 3 aromatic carbocycles. The van der Waals surface area contributed by atoms with E-state index in [1.54, 1.807) is 50.2 Å². The number of likely N-dealkylation sites (tertiary alicyclic amines) is 2. The Morgan fingerprint density at radius 3 is 2.00 bits per heavy atom. The molecule has 2 aliphatic heterocycles. The second-order valence-electron chi connectivity index (χ2n) is 21.6. The summed E-state index contributed by atoms with van der Waals surface area (Å²) in [6, 6.07) is 13.1. The number of guanidine groups is 1. The van der Waals surface area contributed by atoms with E-state index < -0.39 is 126 Å². The largest absolute Gasteiger partial charge is 0.480 e. The molecule has 9 atom stereocenters. The van der Waals surface area contributed by atoms with Crippen LogP contribution in [0.5, 0.6) is 0 Å². The maximum absolute atomic E-state index is 14.4. The molecular formula is C58H83N13O12. The Balaban J connectivity index is 1.28. The van der Waals surface area contributed by atoms with Crippen molar-refractivity contribution in [2.24, 2.45) is 28.1 Å². The molecule has 0 spiro atoms. The molecule has 0 radical (unpaired) electrons. The van der Waals surface area contributed by atoms with Gasteiger partial charge >= 0.3 is 5.97 Å². The lowest BCUT2D eigenvalue weighted by Crippen LogP contribution is -2.64. The molecule has 2 aliphatic rings. The van der Waals surface area contributed by atoms with E-state index in [1.165, 1.54) is 23.6 Å². The van der Waals surface area contributed by atoms with Gasteiger partial charge in [-0.2, -0.15) is 0 Å². The van der Waals surface area contributed by atoms with E-state index in [9.17, 15) is 58.2 Å². The number of carboxylic acids is 1. The SMILES string of the molecule is CC[C@H](C)[C@H](NC(=O)[C@@H](Cc1ccc2ccccc2c1)NC(=O)[C@H](CO)NC(=O)C(C)(Cc1ccccc1)NC(=O)CNC(=O)[C@@H]1CCCN1C(=O)[C@@H]1CCCN1C(=O)[C@H](CCCN=C(N)N)NC(=O)[C@H](CCCCN)NC(C)=O)C(=O)O. The van der Waals surface area contributed by atoms with E-state index in [4.69, 9.17) is 17.2 Å². The lowest BCUT2D eigenvalue weighted by atomic mass is 9.91. The number of fused-ring (bicyclic) bond motifs is 1. The van der Waals surface area contributed by atoms with Gasteiger partial charge in [0, 0.05) is 39.4 Å². The number of carbonyl (C=O) groups is 10. The van der Waals surface area contributed by atoms with Crippen LogP contribution < -0.4 is 54.4 Å². The van der Waals surface area contributed by atoms with Crippen LogP contribution in [0.2, 0.25) is 0 Å². The Kier molecular flexibility index (Phi) is 25.2. The van der Waals surface area contributed by atoms with Crippen molar-refractivity contribution in [3.05, 3.63) is 83.9 Å². The summed E-state index contributed by atoms with van der Waals surface area (Å²) in [7, 11) is 0. The lowest BCUT2D eigenvalue weighted by Gasteiger charge is -2.33. The van der Waals surface area contributed by atoms with Gasteiger partial charge in [-0.15, -0.1) is 0 Å². The number of nitrogens with zero attached hydrogens (tertiary/aromatic N) is 3. The van der Waals surface area contributed by atoms with Crippen LogP contribution in [0.25, 0.3) is 10.8 Å². The highest BCUT2D eigenvalue weighted by Gasteiger charge is 2.45. The van der Waals surface area contributed by atoms with Crippen molar-refractivity contribution in [1.82, 2.24) is 47.0 Å². The quantitative estimate of drug-likeness (QED) is 0.0216. The molecule has 9 amide bonds. The summed E-state index contributed by atoms with van der Waals surface area (Å²) < 4.78 is 0. The number of unbranched alkanes of at least 4 members (excludes halogenated alkanes) is 1. The molecular weight excluding hydrogens is 1070 g/mol. The molecule has 0 aliphatic carbocycles. The second-order valence-corrected chi connectivity index (χ2v) is 21.6. The number of hydrogen-bond acceptors (Lipinski definition) is 13. The molecule has 3 aromatic rings. The Labute approximate surface area is 483 Å². The predicted octanol–water partition coefficient (Wildman–Crippen LogP) is -0.652.